The molecule has 0 fully saturated rings. The molecule has 1 heterocycles. The SMILES string of the molecule is [2H]c1c([2H])c([2H])c(-c2c([2H])c([2H])c(N(c3c([2H])c([2H])c([2H])c([2H])c3[2H])c3c([2H])c([2H])c([2H])c(-c4nc5c(o4)-c4c([2H])c([2H])c([2H])c6c([2H])c([2H])c([2H])c-5c46)c3[2H])c([2H])c2[2H])c([2H])c1[2H]. The zero-order chi connectivity index (χ0) is 47.4. The van der Waals surface area contributed by atoms with Crippen molar-refractivity contribution in [1.82, 2.24) is 4.98 Å². The van der Waals surface area contributed by atoms with E-state index in [1.54, 1.807) is 0 Å². The molecule has 0 aliphatic heterocycles. The molecule has 1 aromatic heterocycles. The Morgan fingerprint density at radius 2 is 1.12 bits per heavy atom. The van der Waals surface area contributed by atoms with Gasteiger partial charge in [-0.1, -0.05) is 103 Å². The molecule has 3 heteroatoms. The van der Waals surface area contributed by atoms with E-state index in [0.29, 0.717) is 4.90 Å². The number of para-hydroxylation sites is 1. The molecule has 7 aromatic rings. The fourth-order valence-electron chi connectivity index (χ4n) is 4.24. The second-order valence-electron chi connectivity index (χ2n) is 8.20. The summed E-state index contributed by atoms with van der Waals surface area (Å²) in [6, 6.07) is -21.6. The minimum absolute atomic E-state index is 0.0619. The van der Waals surface area contributed by atoms with Gasteiger partial charge in [0.05, 0.1) is 32.9 Å². The molecule has 40 heavy (non-hydrogen) atoms. The molecular weight excluding hydrogens is 488 g/mol. The number of benzene rings is 6. The number of nitrogens with zero attached hydrogens (tertiary/aromatic N) is 2. The number of oxazole rings is 1. The number of hydrogen-bond donors (Lipinski definition) is 0. The van der Waals surface area contributed by atoms with Crippen molar-refractivity contribution in [2.45, 2.75) is 0 Å². The Balaban J connectivity index is 1.49. The molecule has 6 aromatic carbocycles. The van der Waals surface area contributed by atoms with Crippen LogP contribution in [0.25, 0.3) is 55.9 Å². The van der Waals surface area contributed by atoms with Gasteiger partial charge in [0.2, 0.25) is 5.89 Å². The third kappa shape index (κ3) is 3.63. The van der Waals surface area contributed by atoms with Crippen LogP contribution in [0.2, 0.25) is 0 Å². The highest BCUT2D eigenvalue weighted by molar-refractivity contribution is 6.13. The van der Waals surface area contributed by atoms with Crippen LogP contribution in [0.5, 0.6) is 0 Å². The first-order valence-corrected chi connectivity index (χ1v) is 11.5. The maximum absolute atomic E-state index is 9.53. The molecule has 3 nitrogen and oxygen atoms in total. The van der Waals surface area contributed by atoms with Gasteiger partial charge in [-0.15, -0.1) is 0 Å². The average molecular weight is 537 g/mol. The van der Waals surface area contributed by atoms with E-state index >= 15 is 0 Å². The number of rotatable bonds is 5. The highest BCUT2D eigenvalue weighted by atomic mass is 16.4. The third-order valence-electron chi connectivity index (χ3n) is 5.94. The molecule has 0 saturated carbocycles. The van der Waals surface area contributed by atoms with Gasteiger partial charge in [0.15, 0.2) is 5.76 Å². The lowest BCUT2D eigenvalue weighted by Crippen LogP contribution is -2.09. The van der Waals surface area contributed by atoms with Crippen molar-refractivity contribution in [3.8, 4) is 45.2 Å². The summed E-state index contributed by atoms with van der Waals surface area (Å²) in [4.78, 5) is 4.81. The molecule has 0 bridgehead atoms. The van der Waals surface area contributed by atoms with E-state index in [-0.39, 0.29) is 33.4 Å². The van der Waals surface area contributed by atoms with Crippen LogP contribution in [0.1, 0.15) is 32.9 Å². The zero-order valence-electron chi connectivity index (χ0n) is 43.8. The molecule has 188 valence electrons. The predicted molar refractivity (Wildman–Crippen MR) is 164 cm³/mol. The van der Waals surface area contributed by atoms with E-state index in [1.807, 2.05) is 0 Å². The molecule has 0 spiro atoms. The van der Waals surface area contributed by atoms with Crippen molar-refractivity contribution in [2.75, 3.05) is 4.90 Å². The maximum atomic E-state index is 9.53. The first kappa shape index (κ1) is 9.07. The van der Waals surface area contributed by atoms with E-state index in [4.69, 9.17) is 33.2 Å². The molecule has 0 unspecified atom stereocenters. The van der Waals surface area contributed by atoms with Gasteiger partial charge in [0, 0.05) is 39.1 Å². The molecule has 8 rings (SSSR count). The highest BCUT2D eigenvalue weighted by Gasteiger charge is 2.28. The lowest BCUT2D eigenvalue weighted by atomic mass is 10.0. The standard InChI is InChI=1S/C37H24N2O/c1-3-10-25(11-4-1)26-20-22-30(23-21-26)39(29-15-5-2-6-16-29)31-17-7-14-28(24-31)37-38-35-32-18-8-12-27-13-9-19-33(34(27)32)36(35)40-37/h1-24H/i1D,2D,3D,4D,5D,6D,7D,8D,9D,10D,11D,12D,13D,14D,15D,16D,17D,18D,19D,20D,21D,22D,23D,24D. The van der Waals surface area contributed by atoms with Crippen LogP contribution in [0, 0.1) is 0 Å². The van der Waals surface area contributed by atoms with Crippen molar-refractivity contribution < 1.29 is 37.3 Å². The molecule has 0 atom stereocenters. The van der Waals surface area contributed by atoms with E-state index in [2.05, 4.69) is 4.98 Å². The monoisotopic (exact) mass is 536 g/mol. The fourth-order valence-corrected chi connectivity index (χ4v) is 4.24. The second kappa shape index (κ2) is 9.11. The first-order valence-electron chi connectivity index (χ1n) is 23.5. The minimum Gasteiger partial charge on any atom is -0.435 e. The Kier molecular flexibility index (Phi) is 2.07. The van der Waals surface area contributed by atoms with E-state index in [9.17, 15) is 4.11 Å². The van der Waals surface area contributed by atoms with Crippen LogP contribution in [0.4, 0.5) is 17.1 Å². The van der Waals surface area contributed by atoms with Crippen LogP contribution in [0.15, 0.2) is 149 Å². The second-order valence-corrected chi connectivity index (χ2v) is 8.20. The fraction of sp³-hybridized carbons (Fsp3) is 0. The van der Waals surface area contributed by atoms with Crippen LogP contribution < -0.4 is 4.90 Å². The van der Waals surface area contributed by atoms with Crippen molar-refractivity contribution in [3.63, 3.8) is 0 Å². The van der Waals surface area contributed by atoms with Crippen molar-refractivity contribution in [1.29, 1.82) is 0 Å². The van der Waals surface area contributed by atoms with Gasteiger partial charge in [0.25, 0.3) is 0 Å². The average Bonchev–Trinajstić information content (AvgIpc) is 3.81. The summed E-state index contributed by atoms with van der Waals surface area (Å²) in [6.45, 7) is 0. The summed E-state index contributed by atoms with van der Waals surface area (Å²) in [7, 11) is 0. The van der Waals surface area contributed by atoms with E-state index < -0.39 is 185 Å². The van der Waals surface area contributed by atoms with E-state index in [0.717, 1.165) is 0 Å². The summed E-state index contributed by atoms with van der Waals surface area (Å²) in [5, 5.41) is -0.307. The Labute approximate surface area is 266 Å². The van der Waals surface area contributed by atoms with Gasteiger partial charge in [0.1, 0.15) is 5.69 Å². The summed E-state index contributed by atoms with van der Waals surface area (Å²) in [5.41, 5.74) is -5.94. The summed E-state index contributed by atoms with van der Waals surface area (Å²) in [5.74, 6) is -1.06. The normalized spacial score (nSPS) is 19.9. The first-order chi connectivity index (χ1) is 29.8. The molecule has 1 aliphatic rings. The Bertz CT molecular complexity index is 3180. The number of hydrogen-bond acceptors (Lipinski definition) is 3. The minimum atomic E-state index is -1.14. The number of fused-ring (bicyclic) bond motifs is 3. The molecule has 0 amide bonds. The summed E-state index contributed by atoms with van der Waals surface area (Å²) in [6.07, 6.45) is 0. The topological polar surface area (TPSA) is 29.3 Å². The molecule has 0 saturated heterocycles. The Morgan fingerprint density at radius 3 is 1.90 bits per heavy atom. The molecule has 0 N–H and O–H groups in total. The van der Waals surface area contributed by atoms with Gasteiger partial charge < -0.3 is 9.32 Å². The maximum Gasteiger partial charge on any atom is 0.227 e. The number of aromatic nitrogens is 1. The van der Waals surface area contributed by atoms with Crippen molar-refractivity contribution >= 4 is 27.8 Å². The van der Waals surface area contributed by atoms with Gasteiger partial charge >= 0.3 is 0 Å². The van der Waals surface area contributed by atoms with Gasteiger partial charge in [-0.2, -0.15) is 0 Å². The van der Waals surface area contributed by atoms with Gasteiger partial charge in [-0.3, -0.25) is 0 Å². The predicted octanol–water partition coefficient (Wildman–Crippen LogP) is 10.3. The van der Waals surface area contributed by atoms with Crippen molar-refractivity contribution in [3.05, 3.63) is 145 Å². The van der Waals surface area contributed by atoms with E-state index in [1.165, 1.54) is 0 Å². The summed E-state index contributed by atoms with van der Waals surface area (Å²) >= 11 is 0. The Morgan fingerprint density at radius 1 is 0.525 bits per heavy atom. The van der Waals surface area contributed by atoms with Crippen LogP contribution in [-0.2, 0) is 0 Å². The highest BCUT2D eigenvalue weighted by Crippen LogP contribution is 2.48. The lowest BCUT2D eigenvalue weighted by Gasteiger charge is -2.26. The van der Waals surface area contributed by atoms with Gasteiger partial charge in [-0.25, -0.2) is 4.98 Å². The molecule has 1 aliphatic carbocycles. The van der Waals surface area contributed by atoms with Gasteiger partial charge in [-0.05, 0) is 58.8 Å². The van der Waals surface area contributed by atoms with Crippen molar-refractivity contribution in [2.24, 2.45) is 0 Å². The number of anilines is 3. The lowest BCUT2D eigenvalue weighted by molar-refractivity contribution is 0.590. The van der Waals surface area contributed by atoms with Crippen LogP contribution in [0.3, 0.4) is 0 Å². The zero-order valence-corrected chi connectivity index (χ0v) is 19.8. The van der Waals surface area contributed by atoms with Crippen LogP contribution in [-0.4, -0.2) is 4.98 Å². The van der Waals surface area contributed by atoms with Crippen LogP contribution >= 0.6 is 0 Å². The molecular formula is C37H24N2O. The quantitative estimate of drug-likeness (QED) is 0.219. The largest absolute Gasteiger partial charge is 0.435 e. The smallest absolute Gasteiger partial charge is 0.227 e. The third-order valence-corrected chi connectivity index (χ3v) is 5.94. The Hall–Kier alpha value is -5.41. The summed E-state index contributed by atoms with van der Waals surface area (Å²) < 4.78 is 214. The molecule has 0 radical (unpaired) electrons.